The van der Waals surface area contributed by atoms with E-state index in [0.29, 0.717) is 11.4 Å². The molecule has 0 saturated carbocycles. The van der Waals surface area contributed by atoms with Gasteiger partial charge < -0.3 is 9.84 Å². The molecule has 3 nitrogen and oxygen atoms in total. The largest absolute Gasteiger partial charge is 0.481 e. The minimum atomic E-state index is -0.708. The molecular weight excluding hydrogens is 238 g/mol. The maximum atomic E-state index is 10.5. The first-order chi connectivity index (χ1) is 9.26. The highest BCUT2D eigenvalue weighted by Crippen LogP contribution is 2.28. The van der Waals surface area contributed by atoms with Gasteiger partial charge in [0.25, 0.3) is 0 Å². The minimum Gasteiger partial charge on any atom is -0.481 e. The monoisotopic (exact) mass is 257 g/mol. The Morgan fingerprint density at radius 2 is 2.11 bits per heavy atom. The van der Waals surface area contributed by atoms with Crippen LogP contribution in [-0.2, 0) is 6.42 Å². The first-order valence-electron chi connectivity index (χ1n) is 6.52. The zero-order valence-electron chi connectivity index (χ0n) is 11.3. The Balaban J connectivity index is 2.32. The van der Waals surface area contributed by atoms with Crippen molar-refractivity contribution in [3.63, 3.8) is 0 Å². The van der Waals surface area contributed by atoms with Gasteiger partial charge in [0.15, 0.2) is 0 Å². The van der Waals surface area contributed by atoms with E-state index in [4.69, 9.17) is 4.74 Å². The second-order valence-electron chi connectivity index (χ2n) is 4.50. The summed E-state index contributed by atoms with van der Waals surface area (Å²) in [5.74, 6) is 0.468. The van der Waals surface area contributed by atoms with Crippen LogP contribution in [0.3, 0.4) is 0 Å². The molecule has 1 unspecified atom stereocenters. The first kappa shape index (κ1) is 13.6. The summed E-state index contributed by atoms with van der Waals surface area (Å²) in [5.41, 5.74) is 2.80. The average Bonchev–Trinajstić information content (AvgIpc) is 2.47. The van der Waals surface area contributed by atoms with Crippen LogP contribution in [0.25, 0.3) is 0 Å². The number of pyridine rings is 1. The lowest BCUT2D eigenvalue weighted by Gasteiger charge is -2.15. The van der Waals surface area contributed by atoms with Gasteiger partial charge in [0.2, 0.25) is 5.88 Å². The van der Waals surface area contributed by atoms with E-state index in [2.05, 4.69) is 18.0 Å². The Morgan fingerprint density at radius 3 is 2.84 bits per heavy atom. The Morgan fingerprint density at radius 1 is 1.26 bits per heavy atom. The lowest BCUT2D eigenvalue weighted by Crippen LogP contribution is -2.04. The van der Waals surface area contributed by atoms with Crippen molar-refractivity contribution in [2.75, 3.05) is 7.11 Å². The number of nitrogens with zero attached hydrogens (tertiary/aromatic N) is 1. The molecule has 2 rings (SSSR count). The number of aliphatic hydroxyl groups excluding tert-OH is 1. The average molecular weight is 257 g/mol. The predicted molar refractivity (Wildman–Crippen MR) is 75.3 cm³/mol. The van der Waals surface area contributed by atoms with Crippen molar-refractivity contribution in [1.29, 1.82) is 0 Å². The fourth-order valence-electron chi connectivity index (χ4n) is 2.17. The van der Waals surface area contributed by atoms with Crippen molar-refractivity contribution in [2.45, 2.75) is 25.9 Å². The first-order valence-corrected chi connectivity index (χ1v) is 6.52. The topological polar surface area (TPSA) is 42.4 Å². The molecule has 0 fully saturated rings. The van der Waals surface area contributed by atoms with Crippen LogP contribution in [0.2, 0.25) is 0 Å². The number of hydrogen-bond acceptors (Lipinski definition) is 3. The van der Waals surface area contributed by atoms with Crippen molar-refractivity contribution in [3.05, 3.63) is 59.3 Å². The molecule has 0 saturated heterocycles. The van der Waals surface area contributed by atoms with Gasteiger partial charge in [-0.2, -0.15) is 0 Å². The van der Waals surface area contributed by atoms with Crippen molar-refractivity contribution >= 4 is 0 Å². The predicted octanol–water partition coefficient (Wildman–Crippen LogP) is 3.12. The van der Waals surface area contributed by atoms with E-state index < -0.39 is 6.10 Å². The molecule has 1 atom stereocenters. The van der Waals surface area contributed by atoms with Crippen molar-refractivity contribution in [1.82, 2.24) is 4.98 Å². The van der Waals surface area contributed by atoms with Crippen LogP contribution in [-0.4, -0.2) is 17.2 Å². The fraction of sp³-hybridized carbons (Fsp3) is 0.312. The normalized spacial score (nSPS) is 12.2. The van der Waals surface area contributed by atoms with Crippen molar-refractivity contribution in [3.8, 4) is 5.88 Å². The van der Waals surface area contributed by atoms with E-state index in [1.54, 1.807) is 19.4 Å². The summed E-state index contributed by atoms with van der Waals surface area (Å²) in [6, 6.07) is 11.7. The summed E-state index contributed by atoms with van der Waals surface area (Å²) in [5, 5.41) is 10.5. The van der Waals surface area contributed by atoms with E-state index >= 15 is 0 Å². The molecule has 100 valence electrons. The van der Waals surface area contributed by atoms with E-state index in [1.807, 2.05) is 24.3 Å². The molecule has 1 aromatic carbocycles. The highest BCUT2D eigenvalue weighted by atomic mass is 16.5. The van der Waals surface area contributed by atoms with Crippen molar-refractivity contribution < 1.29 is 9.84 Å². The molecule has 1 N–H and O–H groups in total. The highest BCUT2D eigenvalue weighted by Gasteiger charge is 2.16. The lowest BCUT2D eigenvalue weighted by molar-refractivity contribution is 0.213. The van der Waals surface area contributed by atoms with Gasteiger partial charge in [-0.15, -0.1) is 0 Å². The number of rotatable bonds is 5. The third-order valence-electron chi connectivity index (χ3n) is 3.09. The number of hydrogen-bond donors (Lipinski definition) is 1. The van der Waals surface area contributed by atoms with Gasteiger partial charge in [-0.1, -0.05) is 37.6 Å². The van der Waals surface area contributed by atoms with Crippen LogP contribution in [0, 0.1) is 0 Å². The molecule has 0 amide bonds. The van der Waals surface area contributed by atoms with E-state index in [-0.39, 0.29) is 0 Å². The van der Waals surface area contributed by atoms with Crippen LogP contribution >= 0.6 is 0 Å². The quantitative estimate of drug-likeness (QED) is 0.894. The Kier molecular flexibility index (Phi) is 4.53. The Labute approximate surface area is 113 Å². The molecule has 1 aromatic heterocycles. The zero-order valence-corrected chi connectivity index (χ0v) is 11.3. The standard InChI is InChI=1S/C16H19NO2/c1-3-6-12-7-4-8-13(11-12)15(18)14-9-5-10-17-16(14)19-2/h4-5,7-11,15,18H,3,6H2,1-2H3. The Hall–Kier alpha value is -1.87. The fourth-order valence-corrected chi connectivity index (χ4v) is 2.17. The van der Waals surface area contributed by atoms with Crippen LogP contribution in [0.15, 0.2) is 42.6 Å². The number of ether oxygens (including phenoxy) is 1. The van der Waals surface area contributed by atoms with Gasteiger partial charge in [0.05, 0.1) is 7.11 Å². The number of methoxy groups -OCH3 is 1. The molecular formula is C16H19NO2. The molecule has 19 heavy (non-hydrogen) atoms. The maximum Gasteiger partial charge on any atom is 0.219 e. The molecule has 0 aliphatic carbocycles. The summed E-state index contributed by atoms with van der Waals surface area (Å²) >= 11 is 0. The van der Waals surface area contributed by atoms with Crippen LogP contribution in [0.4, 0.5) is 0 Å². The van der Waals surface area contributed by atoms with Crippen LogP contribution in [0.5, 0.6) is 5.88 Å². The zero-order chi connectivity index (χ0) is 13.7. The third kappa shape index (κ3) is 3.12. The van der Waals surface area contributed by atoms with Gasteiger partial charge in [-0.3, -0.25) is 0 Å². The SMILES string of the molecule is CCCc1cccc(C(O)c2cccnc2OC)c1. The number of aryl methyl sites for hydroxylation is 1. The Bertz CT molecular complexity index is 540. The van der Waals surface area contributed by atoms with E-state index in [9.17, 15) is 5.11 Å². The van der Waals surface area contributed by atoms with Gasteiger partial charge in [-0.05, 0) is 29.7 Å². The second kappa shape index (κ2) is 6.34. The summed E-state index contributed by atoms with van der Waals surface area (Å²) in [4.78, 5) is 4.12. The molecule has 0 bridgehead atoms. The minimum absolute atomic E-state index is 0.468. The number of aliphatic hydroxyl groups is 1. The second-order valence-corrected chi connectivity index (χ2v) is 4.50. The molecule has 2 aromatic rings. The molecule has 0 aliphatic rings. The summed E-state index contributed by atoms with van der Waals surface area (Å²) in [6.07, 6.45) is 3.06. The summed E-state index contributed by atoms with van der Waals surface area (Å²) < 4.78 is 5.19. The van der Waals surface area contributed by atoms with Gasteiger partial charge in [-0.25, -0.2) is 4.98 Å². The van der Waals surface area contributed by atoms with Crippen LogP contribution < -0.4 is 4.74 Å². The molecule has 0 spiro atoms. The van der Waals surface area contributed by atoms with Crippen molar-refractivity contribution in [2.24, 2.45) is 0 Å². The smallest absolute Gasteiger partial charge is 0.219 e. The molecule has 0 aliphatic heterocycles. The summed E-state index contributed by atoms with van der Waals surface area (Å²) in [6.45, 7) is 2.15. The highest BCUT2D eigenvalue weighted by molar-refractivity contribution is 5.37. The number of aromatic nitrogens is 1. The third-order valence-corrected chi connectivity index (χ3v) is 3.09. The molecule has 1 heterocycles. The van der Waals surface area contributed by atoms with E-state index in [1.165, 1.54) is 5.56 Å². The lowest BCUT2D eigenvalue weighted by atomic mass is 9.99. The van der Waals surface area contributed by atoms with Gasteiger partial charge >= 0.3 is 0 Å². The van der Waals surface area contributed by atoms with Crippen LogP contribution in [0.1, 0.15) is 36.1 Å². The summed E-state index contributed by atoms with van der Waals surface area (Å²) in [7, 11) is 1.56. The van der Waals surface area contributed by atoms with Gasteiger partial charge in [0, 0.05) is 11.8 Å². The maximum absolute atomic E-state index is 10.5. The molecule has 3 heteroatoms. The van der Waals surface area contributed by atoms with E-state index in [0.717, 1.165) is 18.4 Å². The van der Waals surface area contributed by atoms with Gasteiger partial charge in [0.1, 0.15) is 6.10 Å². The molecule has 0 radical (unpaired) electrons. The number of benzene rings is 1.